The second-order valence-corrected chi connectivity index (χ2v) is 8.28. The Morgan fingerprint density at radius 2 is 2.05 bits per heavy atom. The average Bonchev–Trinajstić information content (AvgIpc) is 2.76. The van der Waals surface area contributed by atoms with E-state index in [0.717, 1.165) is 6.42 Å². The second-order valence-electron chi connectivity index (χ2n) is 7.03. The Morgan fingerprint density at radius 3 is 2.86 bits per heavy atom. The first kappa shape index (κ1) is 14.5. The molecule has 4 rings (SSSR count). The Labute approximate surface area is 146 Å². The quantitative estimate of drug-likeness (QED) is 0.476. The molecule has 0 saturated heterocycles. The van der Waals surface area contributed by atoms with Crippen LogP contribution in [0.15, 0.2) is 57.7 Å². The summed E-state index contributed by atoms with van der Waals surface area (Å²) in [5, 5.41) is 0. The highest BCUT2D eigenvalue weighted by atomic mass is 127. The van der Waals surface area contributed by atoms with Crippen LogP contribution < -0.4 is 0 Å². The largest absolute Gasteiger partial charge is 0.0839 e. The van der Waals surface area contributed by atoms with Gasteiger partial charge in [-0.15, -0.1) is 0 Å². The highest BCUT2D eigenvalue weighted by Gasteiger charge is 2.37. The maximum Gasteiger partial charge on any atom is 0.0182 e. The summed E-state index contributed by atoms with van der Waals surface area (Å²) in [4.78, 5) is 0. The minimum atomic E-state index is 0.150. The van der Waals surface area contributed by atoms with Crippen molar-refractivity contribution in [1.29, 1.82) is 0 Å². The summed E-state index contributed by atoms with van der Waals surface area (Å²) in [5.41, 5.74) is 7.78. The Hall–Kier alpha value is -1.09. The van der Waals surface area contributed by atoms with Gasteiger partial charge in [-0.1, -0.05) is 62.4 Å². The van der Waals surface area contributed by atoms with Crippen molar-refractivity contribution in [1.82, 2.24) is 0 Å². The lowest BCUT2D eigenvalue weighted by atomic mass is 9.79. The molecular formula is C21H21I. The maximum atomic E-state index is 2.50. The van der Waals surface area contributed by atoms with E-state index >= 15 is 0 Å². The molecule has 1 heteroatoms. The Kier molecular flexibility index (Phi) is 3.44. The van der Waals surface area contributed by atoms with Crippen molar-refractivity contribution in [3.63, 3.8) is 0 Å². The van der Waals surface area contributed by atoms with Gasteiger partial charge in [-0.3, -0.25) is 0 Å². The van der Waals surface area contributed by atoms with E-state index < -0.39 is 0 Å². The zero-order valence-corrected chi connectivity index (χ0v) is 15.4. The molecule has 0 fully saturated rings. The van der Waals surface area contributed by atoms with Gasteiger partial charge >= 0.3 is 0 Å². The van der Waals surface area contributed by atoms with Gasteiger partial charge in [0.1, 0.15) is 0 Å². The SMILES string of the molecule is CC1(C)C2=C(CCC=C2)c2ccc(C3CC=CC=C3I)cc21. The van der Waals surface area contributed by atoms with E-state index in [4.69, 9.17) is 0 Å². The third-order valence-electron chi connectivity index (χ3n) is 5.38. The summed E-state index contributed by atoms with van der Waals surface area (Å²) in [6.07, 6.45) is 14.9. The normalized spacial score (nSPS) is 25.0. The van der Waals surface area contributed by atoms with Gasteiger partial charge in [0.15, 0.2) is 0 Å². The van der Waals surface area contributed by atoms with E-state index in [1.807, 2.05) is 0 Å². The van der Waals surface area contributed by atoms with Gasteiger partial charge in [0.25, 0.3) is 0 Å². The smallest absolute Gasteiger partial charge is 0.0182 e. The van der Waals surface area contributed by atoms with Crippen LogP contribution in [0.3, 0.4) is 0 Å². The minimum Gasteiger partial charge on any atom is -0.0839 e. The number of halogens is 1. The molecule has 0 radical (unpaired) electrons. The summed E-state index contributed by atoms with van der Waals surface area (Å²) in [6, 6.07) is 7.23. The lowest BCUT2D eigenvalue weighted by molar-refractivity contribution is 0.649. The summed E-state index contributed by atoms with van der Waals surface area (Å²) < 4.78 is 1.45. The third kappa shape index (κ3) is 2.09. The second kappa shape index (κ2) is 5.23. The molecular weight excluding hydrogens is 379 g/mol. The van der Waals surface area contributed by atoms with Gasteiger partial charge < -0.3 is 0 Å². The van der Waals surface area contributed by atoms with Crippen LogP contribution in [0.4, 0.5) is 0 Å². The van der Waals surface area contributed by atoms with E-state index in [-0.39, 0.29) is 5.41 Å². The van der Waals surface area contributed by atoms with Crippen LogP contribution in [-0.4, -0.2) is 0 Å². The van der Waals surface area contributed by atoms with Crippen molar-refractivity contribution in [2.24, 2.45) is 0 Å². The van der Waals surface area contributed by atoms with Crippen LogP contribution in [0, 0.1) is 0 Å². The van der Waals surface area contributed by atoms with Gasteiger partial charge in [0.05, 0.1) is 0 Å². The number of allylic oxidation sites excluding steroid dienone is 8. The maximum absolute atomic E-state index is 2.50. The predicted molar refractivity (Wildman–Crippen MR) is 103 cm³/mol. The van der Waals surface area contributed by atoms with Gasteiger partial charge in [-0.05, 0) is 73.3 Å². The van der Waals surface area contributed by atoms with Gasteiger partial charge in [0.2, 0.25) is 0 Å². The fourth-order valence-electron chi connectivity index (χ4n) is 4.13. The van der Waals surface area contributed by atoms with Crippen LogP contribution in [0.1, 0.15) is 55.7 Å². The van der Waals surface area contributed by atoms with E-state index in [1.54, 1.807) is 11.1 Å². The van der Waals surface area contributed by atoms with Crippen molar-refractivity contribution in [3.8, 4) is 0 Å². The molecule has 22 heavy (non-hydrogen) atoms. The fourth-order valence-corrected chi connectivity index (χ4v) is 4.95. The van der Waals surface area contributed by atoms with Crippen LogP contribution in [0.5, 0.6) is 0 Å². The van der Waals surface area contributed by atoms with Crippen molar-refractivity contribution in [2.75, 3.05) is 0 Å². The molecule has 0 bridgehead atoms. The zero-order valence-electron chi connectivity index (χ0n) is 13.2. The molecule has 112 valence electrons. The predicted octanol–water partition coefficient (Wildman–Crippen LogP) is 6.44. The first-order valence-electron chi connectivity index (χ1n) is 8.16. The average molecular weight is 400 g/mol. The molecule has 1 aromatic carbocycles. The van der Waals surface area contributed by atoms with Crippen LogP contribution in [0.2, 0.25) is 0 Å². The van der Waals surface area contributed by atoms with Gasteiger partial charge in [-0.2, -0.15) is 0 Å². The highest BCUT2D eigenvalue weighted by Crippen LogP contribution is 2.51. The molecule has 0 N–H and O–H groups in total. The molecule has 1 unspecified atom stereocenters. The number of hydrogen-bond acceptors (Lipinski definition) is 0. The Morgan fingerprint density at radius 1 is 1.18 bits per heavy atom. The van der Waals surface area contributed by atoms with Gasteiger partial charge in [0, 0.05) is 11.3 Å². The monoisotopic (exact) mass is 400 g/mol. The molecule has 1 atom stereocenters. The summed E-state index contributed by atoms with van der Waals surface area (Å²) >= 11 is 2.50. The Bertz CT molecular complexity index is 756. The number of rotatable bonds is 1. The molecule has 0 saturated carbocycles. The van der Waals surface area contributed by atoms with E-state index in [1.165, 1.54) is 33.1 Å². The molecule has 0 amide bonds. The molecule has 0 aromatic heterocycles. The van der Waals surface area contributed by atoms with Crippen molar-refractivity contribution >= 4 is 28.2 Å². The van der Waals surface area contributed by atoms with Crippen molar-refractivity contribution in [3.05, 3.63) is 74.4 Å². The van der Waals surface area contributed by atoms with E-state index in [9.17, 15) is 0 Å². The topological polar surface area (TPSA) is 0 Å². The fraction of sp³-hybridized carbons (Fsp3) is 0.333. The lowest BCUT2D eigenvalue weighted by Gasteiger charge is -2.25. The molecule has 1 aromatic rings. The van der Waals surface area contributed by atoms with E-state index in [0.29, 0.717) is 5.92 Å². The first-order valence-corrected chi connectivity index (χ1v) is 9.24. The zero-order chi connectivity index (χ0) is 15.3. The first-order chi connectivity index (χ1) is 10.6. The van der Waals surface area contributed by atoms with E-state index in [2.05, 4.69) is 85.0 Å². The molecule has 0 nitrogen and oxygen atoms in total. The van der Waals surface area contributed by atoms with Crippen LogP contribution in [-0.2, 0) is 5.41 Å². The Balaban J connectivity index is 1.81. The summed E-state index contributed by atoms with van der Waals surface area (Å²) in [6.45, 7) is 4.77. The summed E-state index contributed by atoms with van der Waals surface area (Å²) in [7, 11) is 0. The highest BCUT2D eigenvalue weighted by molar-refractivity contribution is 14.1. The molecule has 0 spiro atoms. The summed E-state index contributed by atoms with van der Waals surface area (Å²) in [5.74, 6) is 0.542. The molecule has 0 heterocycles. The van der Waals surface area contributed by atoms with Crippen molar-refractivity contribution < 1.29 is 0 Å². The standard InChI is InChI=1S/C21H21I/c1-21(2)18-9-5-3-8-16(18)17-12-11-14(13-19(17)21)15-7-4-6-10-20(15)22/h4-6,9-13,15H,3,7-8H2,1-2H3. The number of fused-ring (bicyclic) bond motifs is 2. The third-order valence-corrected chi connectivity index (χ3v) is 6.50. The lowest BCUT2D eigenvalue weighted by Crippen LogP contribution is -2.17. The number of hydrogen-bond donors (Lipinski definition) is 0. The minimum absolute atomic E-state index is 0.150. The number of benzene rings is 1. The molecule has 3 aliphatic rings. The molecule has 3 aliphatic carbocycles. The van der Waals surface area contributed by atoms with Crippen LogP contribution in [0.25, 0.3) is 5.57 Å². The van der Waals surface area contributed by atoms with Crippen molar-refractivity contribution in [2.45, 2.75) is 44.4 Å². The molecule has 0 aliphatic heterocycles. The van der Waals surface area contributed by atoms with Crippen LogP contribution >= 0.6 is 22.6 Å². The van der Waals surface area contributed by atoms with Gasteiger partial charge in [-0.25, -0.2) is 0 Å².